The molecule has 0 amide bonds. The molecule has 0 atom stereocenters. The summed E-state index contributed by atoms with van der Waals surface area (Å²) in [6.07, 6.45) is 5.56. The SMILES string of the molecule is CC1CCC(O)(CNc2ncc(Br)cc2N)CC1. The zero-order valence-electron chi connectivity index (χ0n) is 10.6. The first-order chi connectivity index (χ1) is 8.48. The van der Waals surface area contributed by atoms with Gasteiger partial charge in [0.05, 0.1) is 11.3 Å². The number of hydrogen-bond acceptors (Lipinski definition) is 4. The minimum Gasteiger partial charge on any atom is -0.396 e. The molecule has 0 aromatic carbocycles. The normalized spacial score (nSPS) is 28.1. The molecular weight excluding hydrogens is 294 g/mol. The van der Waals surface area contributed by atoms with Crippen LogP contribution in [-0.4, -0.2) is 22.2 Å². The Hall–Kier alpha value is -0.810. The molecule has 0 spiro atoms. The van der Waals surface area contributed by atoms with Gasteiger partial charge in [-0.25, -0.2) is 4.98 Å². The maximum absolute atomic E-state index is 10.5. The van der Waals surface area contributed by atoms with Gasteiger partial charge in [0.1, 0.15) is 5.82 Å². The number of aliphatic hydroxyl groups is 1. The molecule has 1 aliphatic carbocycles. The van der Waals surface area contributed by atoms with Gasteiger partial charge >= 0.3 is 0 Å². The molecule has 4 nitrogen and oxygen atoms in total. The average molecular weight is 314 g/mol. The molecule has 1 aromatic heterocycles. The molecule has 0 bridgehead atoms. The lowest BCUT2D eigenvalue weighted by Crippen LogP contribution is -2.40. The number of anilines is 2. The summed E-state index contributed by atoms with van der Waals surface area (Å²) in [5.41, 5.74) is 5.84. The summed E-state index contributed by atoms with van der Waals surface area (Å²) >= 11 is 3.32. The van der Waals surface area contributed by atoms with Crippen LogP contribution in [0.2, 0.25) is 0 Å². The third-order valence-electron chi connectivity index (χ3n) is 3.67. The lowest BCUT2D eigenvalue weighted by Gasteiger charge is -2.35. The van der Waals surface area contributed by atoms with Crippen LogP contribution < -0.4 is 11.1 Å². The highest BCUT2D eigenvalue weighted by Crippen LogP contribution is 2.32. The summed E-state index contributed by atoms with van der Waals surface area (Å²) in [6.45, 7) is 2.75. The highest BCUT2D eigenvalue weighted by Gasteiger charge is 2.31. The molecule has 1 saturated carbocycles. The number of halogens is 1. The number of hydrogen-bond donors (Lipinski definition) is 3. The van der Waals surface area contributed by atoms with Gasteiger partial charge in [0, 0.05) is 17.2 Å². The Balaban J connectivity index is 1.94. The van der Waals surface area contributed by atoms with Crippen LogP contribution >= 0.6 is 15.9 Å². The van der Waals surface area contributed by atoms with Gasteiger partial charge in [-0.1, -0.05) is 6.92 Å². The summed E-state index contributed by atoms with van der Waals surface area (Å²) in [4.78, 5) is 4.21. The Morgan fingerprint density at radius 1 is 1.56 bits per heavy atom. The molecule has 100 valence electrons. The minimum absolute atomic E-state index is 0.512. The van der Waals surface area contributed by atoms with Crippen molar-refractivity contribution < 1.29 is 5.11 Å². The molecule has 1 aliphatic rings. The van der Waals surface area contributed by atoms with Gasteiger partial charge < -0.3 is 16.2 Å². The number of nitrogen functional groups attached to an aromatic ring is 1. The van der Waals surface area contributed by atoms with Crippen molar-refractivity contribution in [1.29, 1.82) is 0 Å². The van der Waals surface area contributed by atoms with E-state index in [0.717, 1.165) is 36.1 Å². The topological polar surface area (TPSA) is 71.2 Å². The predicted molar refractivity (Wildman–Crippen MR) is 77.4 cm³/mol. The first-order valence-corrected chi connectivity index (χ1v) is 7.15. The van der Waals surface area contributed by atoms with Crippen molar-refractivity contribution in [2.24, 2.45) is 5.92 Å². The van der Waals surface area contributed by atoms with E-state index >= 15 is 0 Å². The third-order valence-corrected chi connectivity index (χ3v) is 4.11. The van der Waals surface area contributed by atoms with Gasteiger partial charge in [-0.2, -0.15) is 0 Å². The van der Waals surface area contributed by atoms with Gasteiger partial charge in [-0.15, -0.1) is 0 Å². The van der Waals surface area contributed by atoms with Crippen LogP contribution in [0.15, 0.2) is 16.7 Å². The monoisotopic (exact) mass is 313 g/mol. The van der Waals surface area contributed by atoms with Gasteiger partial charge in [0.2, 0.25) is 0 Å². The van der Waals surface area contributed by atoms with Gasteiger partial charge in [0.15, 0.2) is 0 Å². The van der Waals surface area contributed by atoms with E-state index in [4.69, 9.17) is 5.73 Å². The van der Waals surface area contributed by atoms with E-state index in [1.807, 2.05) is 6.07 Å². The molecule has 0 saturated heterocycles. The molecule has 18 heavy (non-hydrogen) atoms. The smallest absolute Gasteiger partial charge is 0.149 e. The second kappa shape index (κ2) is 5.45. The fourth-order valence-corrected chi connectivity index (χ4v) is 2.68. The first-order valence-electron chi connectivity index (χ1n) is 6.36. The fourth-order valence-electron chi connectivity index (χ4n) is 2.33. The van der Waals surface area contributed by atoms with Crippen LogP contribution in [0, 0.1) is 5.92 Å². The molecule has 0 unspecified atom stereocenters. The van der Waals surface area contributed by atoms with Crippen LogP contribution in [0.25, 0.3) is 0 Å². The van der Waals surface area contributed by atoms with Gasteiger partial charge in [0.25, 0.3) is 0 Å². The average Bonchev–Trinajstić information content (AvgIpc) is 2.32. The predicted octanol–water partition coefficient (Wildman–Crippen LogP) is 2.78. The van der Waals surface area contributed by atoms with Crippen molar-refractivity contribution in [2.45, 2.75) is 38.2 Å². The molecule has 1 fully saturated rings. The summed E-state index contributed by atoms with van der Waals surface area (Å²) in [5, 5.41) is 13.6. The summed E-state index contributed by atoms with van der Waals surface area (Å²) in [6, 6.07) is 1.81. The van der Waals surface area contributed by atoms with Crippen molar-refractivity contribution in [1.82, 2.24) is 4.98 Å². The Kier molecular flexibility index (Phi) is 4.12. The zero-order chi connectivity index (χ0) is 13.2. The molecule has 5 heteroatoms. The maximum Gasteiger partial charge on any atom is 0.149 e. The Labute approximate surface area is 116 Å². The van der Waals surface area contributed by atoms with Gasteiger partial charge in [-0.3, -0.25) is 0 Å². The van der Waals surface area contributed by atoms with Crippen LogP contribution in [-0.2, 0) is 0 Å². The van der Waals surface area contributed by atoms with Crippen molar-refractivity contribution in [3.05, 3.63) is 16.7 Å². The van der Waals surface area contributed by atoms with Crippen LogP contribution in [0.4, 0.5) is 11.5 Å². The van der Waals surface area contributed by atoms with Crippen LogP contribution in [0.3, 0.4) is 0 Å². The highest BCUT2D eigenvalue weighted by atomic mass is 79.9. The Morgan fingerprint density at radius 3 is 2.83 bits per heavy atom. The lowest BCUT2D eigenvalue weighted by atomic mass is 9.79. The number of rotatable bonds is 3. The number of aromatic nitrogens is 1. The maximum atomic E-state index is 10.5. The number of nitrogens with one attached hydrogen (secondary N) is 1. The Bertz CT molecular complexity index is 417. The Morgan fingerprint density at radius 2 is 2.22 bits per heavy atom. The minimum atomic E-state index is -0.617. The van der Waals surface area contributed by atoms with E-state index in [-0.39, 0.29) is 0 Å². The molecular formula is C13H20BrN3O. The number of pyridine rings is 1. The lowest BCUT2D eigenvalue weighted by molar-refractivity contribution is 0.00496. The second-order valence-corrected chi connectivity index (χ2v) is 6.27. The highest BCUT2D eigenvalue weighted by molar-refractivity contribution is 9.10. The van der Waals surface area contributed by atoms with Crippen LogP contribution in [0.5, 0.6) is 0 Å². The number of nitrogens with zero attached hydrogens (tertiary/aromatic N) is 1. The van der Waals surface area contributed by atoms with E-state index in [0.29, 0.717) is 18.1 Å². The number of nitrogens with two attached hydrogens (primary N) is 1. The van der Waals surface area contributed by atoms with Crippen molar-refractivity contribution in [2.75, 3.05) is 17.6 Å². The second-order valence-electron chi connectivity index (χ2n) is 5.35. The van der Waals surface area contributed by atoms with Crippen molar-refractivity contribution in [3.8, 4) is 0 Å². The molecule has 2 rings (SSSR count). The van der Waals surface area contributed by atoms with Gasteiger partial charge in [-0.05, 0) is 53.6 Å². The van der Waals surface area contributed by atoms with Crippen LogP contribution in [0.1, 0.15) is 32.6 Å². The van der Waals surface area contributed by atoms with E-state index in [9.17, 15) is 5.11 Å². The molecule has 4 N–H and O–H groups in total. The standard InChI is InChI=1S/C13H20BrN3O/c1-9-2-4-13(18,5-3-9)8-17-12-11(15)6-10(14)7-16-12/h6-7,9,18H,2-5,8,15H2,1H3,(H,16,17). The summed E-state index contributed by atoms with van der Waals surface area (Å²) in [7, 11) is 0. The third kappa shape index (κ3) is 3.36. The molecule has 0 radical (unpaired) electrons. The van der Waals surface area contributed by atoms with E-state index < -0.39 is 5.60 Å². The van der Waals surface area contributed by atoms with E-state index in [1.54, 1.807) is 6.20 Å². The zero-order valence-corrected chi connectivity index (χ0v) is 12.2. The summed E-state index contributed by atoms with van der Waals surface area (Å²) in [5.74, 6) is 1.37. The molecule has 0 aliphatic heterocycles. The van der Waals surface area contributed by atoms with E-state index in [2.05, 4.69) is 33.2 Å². The molecule has 1 heterocycles. The van der Waals surface area contributed by atoms with Crippen molar-refractivity contribution >= 4 is 27.4 Å². The fraction of sp³-hybridized carbons (Fsp3) is 0.615. The molecule has 1 aromatic rings. The largest absolute Gasteiger partial charge is 0.396 e. The quantitative estimate of drug-likeness (QED) is 0.802. The van der Waals surface area contributed by atoms with E-state index in [1.165, 1.54) is 0 Å². The first kappa shape index (κ1) is 13.6. The van der Waals surface area contributed by atoms with Crippen molar-refractivity contribution in [3.63, 3.8) is 0 Å². The summed E-state index contributed by atoms with van der Waals surface area (Å²) < 4.78 is 0.857.